The van der Waals surface area contributed by atoms with Gasteiger partial charge in [-0.1, -0.05) is 60.6 Å². The van der Waals surface area contributed by atoms with Crippen molar-refractivity contribution < 1.29 is 9.59 Å². The summed E-state index contributed by atoms with van der Waals surface area (Å²) in [6.45, 7) is 16.8. The number of aryl methyl sites for hydroxylation is 2. The Morgan fingerprint density at radius 3 is 2.39 bits per heavy atom. The number of nitrogens with zero attached hydrogens (tertiary/aromatic N) is 4. The minimum Gasteiger partial charge on any atom is -0.356 e. The number of aromatic nitrogens is 3. The van der Waals surface area contributed by atoms with Gasteiger partial charge in [0.15, 0.2) is 5.82 Å². The molecule has 1 unspecified atom stereocenters. The van der Waals surface area contributed by atoms with Crippen LogP contribution in [-0.2, 0) is 9.59 Å². The number of carbonyl (C=O) groups excluding carboxylic acids is 2. The molecule has 5 rings (SSSR count). The molecule has 2 amide bonds. The summed E-state index contributed by atoms with van der Waals surface area (Å²) in [5, 5.41) is 18.3. The third-order valence-electron chi connectivity index (χ3n) is 8.66. The van der Waals surface area contributed by atoms with Crippen LogP contribution in [0.15, 0.2) is 40.0 Å². The first kappa shape index (κ1) is 32.3. The molecular formula is C33H43ClN6O2SSi. The van der Waals surface area contributed by atoms with Crippen molar-refractivity contribution in [3.63, 3.8) is 0 Å². The second kappa shape index (κ2) is 13.1. The second-order valence-electron chi connectivity index (χ2n) is 13.0. The Hall–Kier alpha value is -3.08. The molecule has 8 nitrogen and oxygen atoms in total. The Balaban J connectivity index is 1.16. The molecule has 1 aromatic carbocycles. The highest BCUT2D eigenvalue weighted by atomic mass is 35.5. The summed E-state index contributed by atoms with van der Waals surface area (Å²) < 4.78 is 2.06. The van der Waals surface area contributed by atoms with Crippen molar-refractivity contribution >= 4 is 48.5 Å². The SMILES string of the molecule is CC1=C([Si](C)(C)C)C1CNC(=O)CCCCCNC(=O)C[C@@H]1N=C(c2ccc(Cl)cc2)c2c(sc(C)c2C)-n2c(C)nnc21. The third-order valence-corrected chi connectivity index (χ3v) is 12.5. The monoisotopic (exact) mass is 650 g/mol. The van der Waals surface area contributed by atoms with Crippen molar-refractivity contribution in [3.05, 3.63) is 73.3 Å². The van der Waals surface area contributed by atoms with Gasteiger partial charge < -0.3 is 10.6 Å². The molecule has 0 fully saturated rings. The molecule has 0 bridgehead atoms. The van der Waals surface area contributed by atoms with Crippen LogP contribution in [0, 0.1) is 26.7 Å². The van der Waals surface area contributed by atoms with Crippen LogP contribution < -0.4 is 10.6 Å². The van der Waals surface area contributed by atoms with Crippen LogP contribution in [0.25, 0.3) is 5.00 Å². The average molecular weight is 651 g/mol. The highest BCUT2D eigenvalue weighted by Crippen LogP contribution is 2.44. The van der Waals surface area contributed by atoms with Gasteiger partial charge in [0.05, 0.1) is 20.2 Å². The lowest BCUT2D eigenvalue weighted by atomic mass is 9.99. The largest absolute Gasteiger partial charge is 0.356 e. The number of halogens is 1. The quantitative estimate of drug-likeness (QED) is 0.166. The van der Waals surface area contributed by atoms with Crippen molar-refractivity contribution in [3.8, 4) is 5.00 Å². The molecule has 44 heavy (non-hydrogen) atoms. The third kappa shape index (κ3) is 6.92. The van der Waals surface area contributed by atoms with Gasteiger partial charge in [0.2, 0.25) is 11.8 Å². The van der Waals surface area contributed by atoms with Gasteiger partial charge in [-0.3, -0.25) is 19.1 Å². The zero-order valence-electron chi connectivity index (χ0n) is 26.8. The van der Waals surface area contributed by atoms with Crippen LogP contribution in [0.3, 0.4) is 0 Å². The predicted octanol–water partition coefficient (Wildman–Crippen LogP) is 6.81. The lowest BCUT2D eigenvalue weighted by molar-refractivity contribution is -0.122. The first-order chi connectivity index (χ1) is 20.9. The van der Waals surface area contributed by atoms with E-state index in [1.807, 2.05) is 31.2 Å². The van der Waals surface area contributed by atoms with E-state index in [4.69, 9.17) is 16.6 Å². The van der Waals surface area contributed by atoms with Gasteiger partial charge in [-0.15, -0.1) is 21.5 Å². The van der Waals surface area contributed by atoms with E-state index in [9.17, 15) is 9.59 Å². The van der Waals surface area contributed by atoms with Gasteiger partial charge in [0.25, 0.3) is 0 Å². The van der Waals surface area contributed by atoms with Crippen LogP contribution in [0.1, 0.15) is 78.3 Å². The van der Waals surface area contributed by atoms with E-state index < -0.39 is 14.1 Å². The molecule has 3 heterocycles. The van der Waals surface area contributed by atoms with Gasteiger partial charge in [-0.25, -0.2) is 0 Å². The number of benzene rings is 1. The molecule has 1 aliphatic heterocycles. The number of rotatable bonds is 12. The van der Waals surface area contributed by atoms with Crippen molar-refractivity contribution in [1.29, 1.82) is 0 Å². The number of unbranched alkanes of at least 4 members (excludes halogenated alkanes) is 2. The molecule has 11 heteroatoms. The summed E-state index contributed by atoms with van der Waals surface area (Å²) in [6.07, 6.45) is 3.18. The van der Waals surface area contributed by atoms with Gasteiger partial charge in [0.1, 0.15) is 16.9 Å². The van der Waals surface area contributed by atoms with Crippen LogP contribution in [0.4, 0.5) is 0 Å². The van der Waals surface area contributed by atoms with Gasteiger partial charge >= 0.3 is 0 Å². The first-order valence-electron chi connectivity index (χ1n) is 15.5. The second-order valence-corrected chi connectivity index (χ2v) is 19.7. The molecule has 2 atom stereocenters. The maximum atomic E-state index is 13.2. The fourth-order valence-electron chi connectivity index (χ4n) is 6.26. The summed E-state index contributed by atoms with van der Waals surface area (Å²) in [5.74, 6) is 1.96. The summed E-state index contributed by atoms with van der Waals surface area (Å²) in [4.78, 5) is 31.9. The van der Waals surface area contributed by atoms with E-state index in [-0.39, 0.29) is 18.2 Å². The number of fused-ring (bicyclic) bond motifs is 3. The first-order valence-corrected chi connectivity index (χ1v) is 20.2. The molecule has 1 aliphatic carbocycles. The van der Waals surface area contributed by atoms with E-state index in [1.54, 1.807) is 16.5 Å². The Labute approximate surface area is 270 Å². The Kier molecular flexibility index (Phi) is 9.63. The van der Waals surface area contributed by atoms with E-state index in [2.05, 4.69) is 65.8 Å². The molecule has 234 valence electrons. The molecule has 0 radical (unpaired) electrons. The molecule has 3 aromatic rings. The standard InChI is InChI=1S/C33H43ClN6O2SSi/c1-19-21(3)43-33-29(19)30(23-12-14-24(34)15-13-23)37-26(32-39-38-22(4)40(32)33)17-28(42)35-16-10-8-9-11-27(41)36-18-25-20(2)31(25)44(5,6)7/h12-15,25-26H,8-11,16-18H2,1-7H3,(H,35,42)(H,36,41)/t25?,26-/m0/s1. The summed E-state index contributed by atoms with van der Waals surface area (Å²) >= 11 is 7.90. The van der Waals surface area contributed by atoms with E-state index >= 15 is 0 Å². The molecule has 0 spiro atoms. The smallest absolute Gasteiger partial charge is 0.222 e. The fraction of sp³-hybridized carbons (Fsp3) is 0.485. The number of amides is 2. The van der Waals surface area contributed by atoms with Crippen molar-refractivity contribution in [1.82, 2.24) is 25.4 Å². The molecule has 2 aromatic heterocycles. The molecule has 0 saturated carbocycles. The average Bonchev–Trinajstić information content (AvgIpc) is 3.39. The summed E-state index contributed by atoms with van der Waals surface area (Å²) in [5.41, 5.74) is 5.47. The van der Waals surface area contributed by atoms with Crippen LogP contribution in [0.2, 0.25) is 24.7 Å². The zero-order valence-corrected chi connectivity index (χ0v) is 29.4. The highest BCUT2D eigenvalue weighted by molar-refractivity contribution is 7.15. The number of carbonyl (C=O) groups is 2. The number of nitrogens with one attached hydrogen (secondary N) is 2. The van der Waals surface area contributed by atoms with Gasteiger partial charge in [-0.2, -0.15) is 0 Å². The number of hydrogen-bond acceptors (Lipinski definition) is 6. The van der Waals surface area contributed by atoms with Crippen molar-refractivity contribution in [2.75, 3.05) is 13.1 Å². The Morgan fingerprint density at radius 2 is 1.70 bits per heavy atom. The summed E-state index contributed by atoms with van der Waals surface area (Å²) in [7, 11) is -1.27. The lowest BCUT2D eigenvalue weighted by Crippen LogP contribution is -2.29. The summed E-state index contributed by atoms with van der Waals surface area (Å²) in [6, 6.07) is 7.19. The molecular weight excluding hydrogens is 608 g/mol. The van der Waals surface area contributed by atoms with E-state index in [0.717, 1.165) is 59.0 Å². The molecule has 0 saturated heterocycles. The van der Waals surface area contributed by atoms with Gasteiger partial charge in [-0.05, 0) is 58.2 Å². The maximum absolute atomic E-state index is 13.2. The minimum absolute atomic E-state index is 0.0807. The highest BCUT2D eigenvalue weighted by Gasteiger charge is 2.41. The van der Waals surface area contributed by atoms with Crippen LogP contribution in [-0.4, -0.2) is 53.5 Å². The Morgan fingerprint density at radius 1 is 0.977 bits per heavy atom. The Bertz CT molecular complexity index is 1630. The van der Waals surface area contributed by atoms with Crippen LogP contribution >= 0.6 is 22.9 Å². The zero-order chi connectivity index (χ0) is 31.8. The predicted molar refractivity (Wildman–Crippen MR) is 182 cm³/mol. The topological polar surface area (TPSA) is 101 Å². The van der Waals surface area contributed by atoms with E-state index in [1.165, 1.54) is 10.5 Å². The number of aliphatic imine (C=N–C) groups is 1. The maximum Gasteiger partial charge on any atom is 0.222 e. The number of thiophene rings is 1. The normalized spacial score (nSPS) is 17.5. The van der Waals surface area contributed by atoms with Gasteiger partial charge in [0, 0.05) is 46.5 Å². The van der Waals surface area contributed by atoms with Crippen molar-refractivity contribution in [2.24, 2.45) is 10.9 Å². The van der Waals surface area contributed by atoms with Crippen molar-refractivity contribution in [2.45, 2.75) is 85.5 Å². The molecule has 2 aliphatic rings. The van der Waals surface area contributed by atoms with E-state index in [0.29, 0.717) is 29.7 Å². The lowest BCUT2D eigenvalue weighted by Gasteiger charge is -2.14. The number of hydrogen-bond donors (Lipinski definition) is 2. The molecule has 2 N–H and O–H groups in total. The fourth-order valence-corrected chi connectivity index (χ4v) is 10.3. The van der Waals surface area contributed by atoms with Crippen LogP contribution in [0.5, 0.6) is 0 Å². The minimum atomic E-state index is -1.27.